The van der Waals surface area contributed by atoms with E-state index in [1.807, 2.05) is 61.5 Å². The molecular weight excluding hydrogens is 304 g/mol. The Morgan fingerprint density at radius 1 is 1.12 bits per heavy atom. The number of carbonyl (C=O) groups is 1. The maximum atomic E-state index is 12.4. The highest BCUT2D eigenvalue weighted by molar-refractivity contribution is 6.03. The summed E-state index contributed by atoms with van der Waals surface area (Å²) in [5, 5.41) is 11.2. The summed E-state index contributed by atoms with van der Waals surface area (Å²) in [6, 6.07) is 17.0. The molecule has 0 fully saturated rings. The second kappa shape index (κ2) is 7.52. The van der Waals surface area contributed by atoms with E-state index in [0.29, 0.717) is 18.9 Å². The zero-order valence-corrected chi connectivity index (χ0v) is 13.3. The minimum atomic E-state index is -0.305. The third-order valence-electron chi connectivity index (χ3n) is 3.44. The van der Waals surface area contributed by atoms with E-state index < -0.39 is 0 Å². The van der Waals surface area contributed by atoms with Crippen molar-refractivity contribution in [3.8, 4) is 5.69 Å². The number of benzene rings is 2. The van der Waals surface area contributed by atoms with Crippen molar-refractivity contribution in [2.24, 2.45) is 0 Å². The Morgan fingerprint density at radius 3 is 2.67 bits per heavy atom. The lowest BCUT2D eigenvalue weighted by atomic mass is 10.2. The largest absolute Gasteiger partial charge is 0.377 e. The Hall–Kier alpha value is -2.99. The first-order chi connectivity index (χ1) is 11.8. The number of anilines is 1. The zero-order valence-electron chi connectivity index (χ0n) is 13.3. The minimum absolute atomic E-state index is 0.255. The molecule has 1 amide bonds. The molecule has 0 aliphatic heterocycles. The summed E-state index contributed by atoms with van der Waals surface area (Å²) in [6.07, 6.45) is 1.45. The van der Waals surface area contributed by atoms with Crippen molar-refractivity contribution in [1.82, 2.24) is 15.0 Å². The van der Waals surface area contributed by atoms with Crippen LogP contribution < -0.4 is 5.32 Å². The zero-order chi connectivity index (χ0) is 16.8. The van der Waals surface area contributed by atoms with E-state index in [2.05, 4.69) is 15.5 Å². The topological polar surface area (TPSA) is 69.0 Å². The summed E-state index contributed by atoms with van der Waals surface area (Å²) in [5.74, 6) is -0.305. The van der Waals surface area contributed by atoms with Crippen LogP contribution in [0.4, 0.5) is 5.69 Å². The summed E-state index contributed by atoms with van der Waals surface area (Å²) in [5.41, 5.74) is 2.69. The average molecular weight is 322 g/mol. The molecule has 0 atom stereocenters. The Balaban J connectivity index is 1.75. The summed E-state index contributed by atoms with van der Waals surface area (Å²) in [6.45, 7) is 3.00. The molecule has 0 saturated carbocycles. The summed E-state index contributed by atoms with van der Waals surface area (Å²) in [4.78, 5) is 13.8. The molecule has 3 rings (SSSR count). The highest BCUT2D eigenvalue weighted by atomic mass is 16.5. The number of ether oxygens (including phenoxy) is 1. The van der Waals surface area contributed by atoms with Crippen molar-refractivity contribution in [3.05, 3.63) is 72.1 Å². The van der Waals surface area contributed by atoms with Crippen LogP contribution in [0.25, 0.3) is 5.69 Å². The van der Waals surface area contributed by atoms with Gasteiger partial charge in [-0.3, -0.25) is 4.79 Å². The van der Waals surface area contributed by atoms with Crippen LogP contribution in [-0.2, 0) is 11.3 Å². The number of nitrogens with zero attached hydrogens (tertiary/aromatic N) is 3. The summed E-state index contributed by atoms with van der Waals surface area (Å²) >= 11 is 0. The second-order valence-electron chi connectivity index (χ2n) is 5.10. The van der Waals surface area contributed by atoms with Crippen LogP contribution in [0.2, 0.25) is 0 Å². The van der Waals surface area contributed by atoms with Gasteiger partial charge in [-0.2, -0.15) is 9.90 Å². The molecule has 1 heterocycles. The van der Waals surface area contributed by atoms with Crippen molar-refractivity contribution < 1.29 is 9.53 Å². The first-order valence-electron chi connectivity index (χ1n) is 7.72. The number of hydrogen-bond acceptors (Lipinski definition) is 4. The fraction of sp³-hybridized carbons (Fsp3) is 0.167. The minimum Gasteiger partial charge on any atom is -0.377 e. The molecule has 0 saturated heterocycles. The molecule has 24 heavy (non-hydrogen) atoms. The van der Waals surface area contributed by atoms with Crippen LogP contribution in [0.5, 0.6) is 0 Å². The lowest BCUT2D eigenvalue weighted by Gasteiger charge is -2.09. The van der Waals surface area contributed by atoms with Crippen LogP contribution in [-0.4, -0.2) is 27.5 Å². The van der Waals surface area contributed by atoms with Gasteiger partial charge in [0.05, 0.1) is 18.5 Å². The van der Waals surface area contributed by atoms with Gasteiger partial charge in [0.2, 0.25) is 0 Å². The Bertz CT molecular complexity index is 815. The second-order valence-corrected chi connectivity index (χ2v) is 5.10. The van der Waals surface area contributed by atoms with Gasteiger partial charge < -0.3 is 10.1 Å². The van der Waals surface area contributed by atoms with Gasteiger partial charge in [-0.15, -0.1) is 5.10 Å². The Labute approximate surface area is 140 Å². The molecule has 6 heteroatoms. The van der Waals surface area contributed by atoms with E-state index in [1.54, 1.807) is 0 Å². The Morgan fingerprint density at radius 2 is 1.88 bits per heavy atom. The van der Waals surface area contributed by atoms with Gasteiger partial charge in [0.15, 0.2) is 5.69 Å². The van der Waals surface area contributed by atoms with E-state index in [4.69, 9.17) is 4.74 Å². The number of amides is 1. The van der Waals surface area contributed by atoms with E-state index in [9.17, 15) is 4.79 Å². The molecule has 0 spiro atoms. The lowest BCUT2D eigenvalue weighted by Crippen LogP contribution is -2.14. The van der Waals surface area contributed by atoms with Crippen LogP contribution in [0.1, 0.15) is 23.0 Å². The molecule has 122 valence electrons. The quantitative estimate of drug-likeness (QED) is 0.757. The van der Waals surface area contributed by atoms with Crippen LogP contribution in [0.15, 0.2) is 60.8 Å². The number of aromatic nitrogens is 3. The van der Waals surface area contributed by atoms with E-state index >= 15 is 0 Å². The van der Waals surface area contributed by atoms with E-state index in [0.717, 1.165) is 11.3 Å². The van der Waals surface area contributed by atoms with Gasteiger partial charge >= 0.3 is 0 Å². The van der Waals surface area contributed by atoms with Crippen LogP contribution in [0, 0.1) is 0 Å². The highest BCUT2D eigenvalue weighted by Gasteiger charge is 2.13. The van der Waals surface area contributed by atoms with Gasteiger partial charge in [0, 0.05) is 17.9 Å². The van der Waals surface area contributed by atoms with Crippen LogP contribution >= 0.6 is 0 Å². The molecule has 6 nitrogen and oxygen atoms in total. The summed E-state index contributed by atoms with van der Waals surface area (Å²) < 4.78 is 5.43. The van der Waals surface area contributed by atoms with Crippen molar-refractivity contribution in [2.75, 3.05) is 11.9 Å². The Kier molecular flexibility index (Phi) is 4.98. The maximum absolute atomic E-state index is 12.4. The molecule has 0 aliphatic carbocycles. The van der Waals surface area contributed by atoms with Gasteiger partial charge in [-0.1, -0.05) is 36.4 Å². The van der Waals surface area contributed by atoms with Gasteiger partial charge in [-0.25, -0.2) is 0 Å². The normalized spacial score (nSPS) is 10.5. The van der Waals surface area contributed by atoms with Crippen molar-refractivity contribution in [3.63, 3.8) is 0 Å². The number of nitrogens with one attached hydrogen (secondary N) is 1. The number of hydrogen-bond donors (Lipinski definition) is 1. The van der Waals surface area contributed by atoms with Crippen molar-refractivity contribution in [2.45, 2.75) is 13.5 Å². The predicted octanol–water partition coefficient (Wildman–Crippen LogP) is 3.06. The molecule has 0 bridgehead atoms. The molecule has 1 aromatic heterocycles. The standard InChI is InChI=1S/C18H18N4O2/c1-2-24-13-14-8-6-7-11-16(14)20-18(23)17-12-19-22(21-17)15-9-4-3-5-10-15/h3-12H,2,13H2,1H3,(H,20,23). The van der Waals surface area contributed by atoms with Crippen molar-refractivity contribution in [1.29, 1.82) is 0 Å². The van der Waals surface area contributed by atoms with Gasteiger partial charge in [-0.05, 0) is 25.1 Å². The molecular formula is C18H18N4O2. The third-order valence-corrected chi connectivity index (χ3v) is 3.44. The molecule has 2 aromatic carbocycles. The third kappa shape index (κ3) is 3.67. The van der Waals surface area contributed by atoms with Gasteiger partial charge in [0.1, 0.15) is 0 Å². The molecule has 0 unspecified atom stereocenters. The smallest absolute Gasteiger partial charge is 0.277 e. The molecule has 1 N–H and O–H groups in total. The lowest BCUT2D eigenvalue weighted by molar-refractivity contribution is 0.102. The fourth-order valence-electron chi connectivity index (χ4n) is 2.22. The molecule has 0 radical (unpaired) electrons. The van der Waals surface area contributed by atoms with Crippen LogP contribution in [0.3, 0.4) is 0 Å². The first-order valence-corrected chi connectivity index (χ1v) is 7.72. The average Bonchev–Trinajstić information content (AvgIpc) is 3.12. The highest BCUT2D eigenvalue weighted by Crippen LogP contribution is 2.17. The number of rotatable bonds is 6. The first kappa shape index (κ1) is 15.9. The molecule has 0 aliphatic rings. The predicted molar refractivity (Wildman–Crippen MR) is 91.1 cm³/mol. The maximum Gasteiger partial charge on any atom is 0.277 e. The summed E-state index contributed by atoms with van der Waals surface area (Å²) in [7, 11) is 0. The SMILES string of the molecule is CCOCc1ccccc1NC(=O)c1cnn(-c2ccccc2)n1. The monoisotopic (exact) mass is 322 g/mol. The number of para-hydroxylation sites is 2. The van der Waals surface area contributed by atoms with E-state index in [1.165, 1.54) is 11.0 Å². The fourth-order valence-corrected chi connectivity index (χ4v) is 2.22. The van der Waals surface area contributed by atoms with Gasteiger partial charge in [0.25, 0.3) is 5.91 Å². The number of carbonyl (C=O) groups excluding carboxylic acids is 1. The molecule has 3 aromatic rings. The van der Waals surface area contributed by atoms with E-state index in [-0.39, 0.29) is 11.6 Å². The van der Waals surface area contributed by atoms with Crippen molar-refractivity contribution >= 4 is 11.6 Å².